The molecule has 1 aliphatic rings. The largest absolute Gasteiger partial charge is 0.456 e. The third kappa shape index (κ3) is 6.11. The Labute approximate surface area is 196 Å². The van der Waals surface area contributed by atoms with Gasteiger partial charge in [0.1, 0.15) is 21.8 Å². The van der Waals surface area contributed by atoms with Gasteiger partial charge in [0.15, 0.2) is 9.84 Å². The van der Waals surface area contributed by atoms with E-state index in [0.29, 0.717) is 13.1 Å². The number of nitriles is 1. The first-order chi connectivity index (χ1) is 15.0. The fourth-order valence-corrected chi connectivity index (χ4v) is 6.90. The van der Waals surface area contributed by atoms with Crippen molar-refractivity contribution in [1.29, 1.82) is 5.26 Å². The van der Waals surface area contributed by atoms with Crippen LogP contribution in [0.4, 0.5) is 0 Å². The lowest BCUT2D eigenvalue weighted by Crippen LogP contribution is -2.61. The molecule has 0 radical (unpaired) electrons. The minimum atomic E-state index is -4.37. The predicted octanol–water partition coefficient (Wildman–Crippen LogP) is 1.87. The van der Waals surface area contributed by atoms with Gasteiger partial charge in [-0.15, -0.1) is 0 Å². The van der Waals surface area contributed by atoms with Gasteiger partial charge in [0.25, 0.3) is 0 Å². The van der Waals surface area contributed by atoms with Crippen LogP contribution >= 0.6 is 23.2 Å². The van der Waals surface area contributed by atoms with Crippen LogP contribution in [0.15, 0.2) is 41.3 Å². The summed E-state index contributed by atoms with van der Waals surface area (Å²) in [4.78, 5) is -0.346. The van der Waals surface area contributed by atoms with Crippen LogP contribution in [0.3, 0.4) is 0 Å². The standard InChI is InChI=1S/C19H20Cl2N4O5S2/c1-31(26,27)25-19(16-11-23-4-5-24-16)32(28,29)18-6-12(10-22)2-3-17(18)30-15-8-13(20)7-14(21)9-15/h2-3,6-9,16,19,23-25H,4-5,11H2,1H3. The Hall–Kier alpha value is -1.91. The molecule has 1 aliphatic heterocycles. The smallest absolute Gasteiger partial charge is 0.209 e. The molecule has 0 bridgehead atoms. The molecule has 13 heteroatoms. The molecule has 1 heterocycles. The number of benzene rings is 2. The number of ether oxygens (including phenoxy) is 1. The van der Waals surface area contributed by atoms with Crippen molar-refractivity contribution >= 4 is 43.1 Å². The molecule has 0 saturated carbocycles. The Morgan fingerprint density at radius 1 is 1.12 bits per heavy atom. The molecule has 3 N–H and O–H groups in total. The van der Waals surface area contributed by atoms with Gasteiger partial charge in [0, 0.05) is 29.7 Å². The van der Waals surface area contributed by atoms with E-state index in [1.54, 1.807) is 0 Å². The van der Waals surface area contributed by atoms with Crippen LogP contribution in [0, 0.1) is 11.3 Å². The van der Waals surface area contributed by atoms with Crippen molar-refractivity contribution in [3.05, 3.63) is 52.0 Å². The monoisotopic (exact) mass is 518 g/mol. The zero-order valence-corrected chi connectivity index (χ0v) is 19.9. The number of hydrogen-bond acceptors (Lipinski definition) is 8. The maximum atomic E-state index is 13.7. The molecule has 2 aromatic carbocycles. The Morgan fingerprint density at radius 2 is 1.81 bits per heavy atom. The molecule has 1 fully saturated rings. The minimum absolute atomic E-state index is 0.0629. The minimum Gasteiger partial charge on any atom is -0.456 e. The maximum absolute atomic E-state index is 13.7. The van der Waals surface area contributed by atoms with E-state index < -0.39 is 31.3 Å². The molecular weight excluding hydrogens is 499 g/mol. The van der Waals surface area contributed by atoms with Crippen molar-refractivity contribution in [3.63, 3.8) is 0 Å². The van der Waals surface area contributed by atoms with E-state index in [9.17, 15) is 22.1 Å². The van der Waals surface area contributed by atoms with Gasteiger partial charge in [-0.2, -0.15) is 9.98 Å². The third-order valence-corrected chi connectivity index (χ3v) is 7.86. The van der Waals surface area contributed by atoms with Crippen LogP contribution < -0.4 is 20.1 Å². The lowest BCUT2D eigenvalue weighted by atomic mass is 10.2. The topological polar surface area (TPSA) is 137 Å². The molecule has 2 unspecified atom stereocenters. The summed E-state index contributed by atoms with van der Waals surface area (Å²) in [5.74, 6) is 0.0696. The summed E-state index contributed by atoms with van der Waals surface area (Å²) < 4.78 is 59.3. The summed E-state index contributed by atoms with van der Waals surface area (Å²) in [6, 6.07) is 9.36. The molecule has 0 aromatic heterocycles. The Kier molecular flexibility index (Phi) is 7.67. The van der Waals surface area contributed by atoms with E-state index in [0.717, 1.165) is 12.3 Å². The molecule has 32 heavy (non-hydrogen) atoms. The number of hydrogen-bond donors (Lipinski definition) is 3. The summed E-state index contributed by atoms with van der Waals surface area (Å²) in [5, 5.41) is 14.4. The summed E-state index contributed by atoms with van der Waals surface area (Å²) >= 11 is 12.0. The average molecular weight is 519 g/mol. The molecule has 0 spiro atoms. The second-order valence-electron chi connectivity index (χ2n) is 7.10. The van der Waals surface area contributed by atoms with Crippen molar-refractivity contribution in [3.8, 4) is 17.6 Å². The number of sulfonamides is 1. The maximum Gasteiger partial charge on any atom is 0.209 e. The first kappa shape index (κ1) is 24.7. The Morgan fingerprint density at radius 3 is 2.38 bits per heavy atom. The summed E-state index contributed by atoms with van der Waals surface area (Å²) in [7, 11) is -8.27. The molecule has 172 valence electrons. The second-order valence-corrected chi connectivity index (χ2v) is 11.8. The number of piperazine rings is 1. The molecule has 2 atom stereocenters. The summed E-state index contributed by atoms with van der Waals surface area (Å²) in [5.41, 5.74) is 0.0629. The molecule has 9 nitrogen and oxygen atoms in total. The molecule has 0 aliphatic carbocycles. The van der Waals surface area contributed by atoms with Gasteiger partial charge >= 0.3 is 0 Å². The number of halogens is 2. The molecule has 1 saturated heterocycles. The highest BCUT2D eigenvalue weighted by Gasteiger charge is 2.39. The fraction of sp³-hybridized carbons (Fsp3) is 0.316. The quantitative estimate of drug-likeness (QED) is 0.504. The van der Waals surface area contributed by atoms with E-state index in [1.807, 2.05) is 6.07 Å². The number of nitrogens with zero attached hydrogens (tertiary/aromatic N) is 1. The van der Waals surface area contributed by atoms with Gasteiger partial charge in [0.2, 0.25) is 10.0 Å². The highest BCUT2D eigenvalue weighted by Crippen LogP contribution is 2.34. The van der Waals surface area contributed by atoms with Crippen LogP contribution in [0.1, 0.15) is 5.56 Å². The van der Waals surface area contributed by atoms with E-state index in [-0.39, 0.29) is 38.5 Å². The van der Waals surface area contributed by atoms with E-state index in [1.165, 1.54) is 30.3 Å². The first-order valence-electron chi connectivity index (χ1n) is 9.33. The lowest BCUT2D eigenvalue weighted by molar-refractivity contribution is 0.388. The van der Waals surface area contributed by atoms with Crippen molar-refractivity contribution in [2.24, 2.45) is 0 Å². The van der Waals surface area contributed by atoms with Crippen LogP contribution in [0.5, 0.6) is 11.5 Å². The summed E-state index contributed by atoms with van der Waals surface area (Å²) in [6.45, 7) is 1.27. The predicted molar refractivity (Wildman–Crippen MR) is 121 cm³/mol. The molecule has 0 amide bonds. The van der Waals surface area contributed by atoms with E-state index >= 15 is 0 Å². The zero-order valence-electron chi connectivity index (χ0n) is 16.8. The zero-order chi connectivity index (χ0) is 23.5. The van der Waals surface area contributed by atoms with Crippen LogP contribution in [-0.4, -0.2) is 54.1 Å². The highest BCUT2D eigenvalue weighted by atomic mass is 35.5. The van der Waals surface area contributed by atoms with Crippen LogP contribution in [0.25, 0.3) is 0 Å². The van der Waals surface area contributed by atoms with Gasteiger partial charge in [-0.05, 0) is 36.4 Å². The van der Waals surface area contributed by atoms with Crippen molar-refractivity contribution in [2.75, 3.05) is 25.9 Å². The lowest BCUT2D eigenvalue weighted by Gasteiger charge is -2.32. The van der Waals surface area contributed by atoms with Crippen molar-refractivity contribution in [1.82, 2.24) is 15.4 Å². The van der Waals surface area contributed by atoms with Gasteiger partial charge in [-0.25, -0.2) is 16.8 Å². The molecule has 2 aromatic rings. The van der Waals surface area contributed by atoms with Crippen LogP contribution in [-0.2, 0) is 19.9 Å². The number of sulfone groups is 1. The molecule has 3 rings (SSSR count). The normalized spacial score (nSPS) is 18.0. The second kappa shape index (κ2) is 9.93. The van der Waals surface area contributed by atoms with Gasteiger partial charge < -0.3 is 15.4 Å². The number of nitrogens with one attached hydrogen (secondary N) is 3. The Balaban J connectivity index is 2.12. The van der Waals surface area contributed by atoms with Gasteiger partial charge in [0.05, 0.1) is 23.9 Å². The SMILES string of the molecule is CS(=O)(=O)NC(C1CNCCN1)S(=O)(=O)c1cc(C#N)ccc1Oc1cc(Cl)cc(Cl)c1. The molecular formula is C19H20Cl2N4O5S2. The first-order valence-corrected chi connectivity index (χ1v) is 13.5. The highest BCUT2D eigenvalue weighted by molar-refractivity contribution is 7.94. The number of rotatable bonds is 7. The summed E-state index contributed by atoms with van der Waals surface area (Å²) in [6.07, 6.45) is 0.878. The van der Waals surface area contributed by atoms with Gasteiger partial charge in [-0.1, -0.05) is 23.2 Å². The van der Waals surface area contributed by atoms with Gasteiger partial charge in [-0.3, -0.25) is 0 Å². The van der Waals surface area contributed by atoms with E-state index in [4.69, 9.17) is 27.9 Å². The van der Waals surface area contributed by atoms with E-state index in [2.05, 4.69) is 15.4 Å². The third-order valence-electron chi connectivity index (χ3n) is 4.55. The van der Waals surface area contributed by atoms with Crippen LogP contribution in [0.2, 0.25) is 10.0 Å². The van der Waals surface area contributed by atoms with Crippen molar-refractivity contribution < 1.29 is 21.6 Å². The average Bonchev–Trinajstić information content (AvgIpc) is 2.71. The van der Waals surface area contributed by atoms with Crippen molar-refractivity contribution in [2.45, 2.75) is 16.3 Å². The fourth-order valence-electron chi connectivity index (χ4n) is 3.20. The Bertz CT molecular complexity index is 1240.